The van der Waals surface area contributed by atoms with Gasteiger partial charge in [0.25, 0.3) is 11.8 Å². The number of ether oxygens (including phenoxy) is 1. The highest BCUT2D eigenvalue weighted by Crippen LogP contribution is 2.40. The molecule has 0 bridgehead atoms. The summed E-state index contributed by atoms with van der Waals surface area (Å²) in [6.07, 6.45) is 0. The lowest BCUT2D eigenvalue weighted by atomic mass is 10.0. The molecule has 6 rings (SSSR count). The number of amides is 2. The zero-order valence-electron chi connectivity index (χ0n) is 23.6. The van der Waals surface area contributed by atoms with Gasteiger partial charge in [0.1, 0.15) is 21.1 Å². The highest BCUT2D eigenvalue weighted by molar-refractivity contribution is 7.15. The van der Waals surface area contributed by atoms with E-state index < -0.39 is 23.8 Å². The summed E-state index contributed by atoms with van der Waals surface area (Å²) in [4.78, 5) is 53.8. The average Bonchev–Trinajstić information content (AvgIpc) is 3.86. The highest BCUT2D eigenvalue weighted by Gasteiger charge is 2.30. The number of hydrogen-bond acceptors (Lipinski definition) is 9. The van der Waals surface area contributed by atoms with Gasteiger partial charge in [0.05, 0.1) is 21.2 Å². The van der Waals surface area contributed by atoms with E-state index in [9.17, 15) is 19.2 Å². The molecular formula is C33H20Cl2N2O5S4. The van der Waals surface area contributed by atoms with Gasteiger partial charge in [-0.3, -0.25) is 9.59 Å². The molecule has 7 nitrogen and oxygen atoms in total. The second kappa shape index (κ2) is 13.7. The van der Waals surface area contributed by atoms with Crippen molar-refractivity contribution in [2.45, 2.75) is 6.92 Å². The van der Waals surface area contributed by atoms with Crippen LogP contribution in [0.1, 0.15) is 47.0 Å². The molecule has 2 aromatic carbocycles. The molecule has 4 aromatic heterocycles. The minimum Gasteiger partial charge on any atom is -0.386 e. The van der Waals surface area contributed by atoms with E-state index in [2.05, 4.69) is 10.6 Å². The van der Waals surface area contributed by atoms with Crippen LogP contribution in [-0.2, 0) is 4.74 Å². The van der Waals surface area contributed by atoms with E-state index in [4.69, 9.17) is 27.9 Å². The van der Waals surface area contributed by atoms with Crippen LogP contribution in [0.4, 0.5) is 10.0 Å². The van der Waals surface area contributed by atoms with Crippen molar-refractivity contribution in [2.24, 2.45) is 0 Å². The van der Waals surface area contributed by atoms with Crippen LogP contribution in [-0.4, -0.2) is 23.8 Å². The largest absolute Gasteiger partial charge is 0.386 e. The fourth-order valence-corrected chi connectivity index (χ4v) is 7.93. The normalized spacial score (nSPS) is 10.8. The molecule has 0 radical (unpaired) electrons. The van der Waals surface area contributed by atoms with Crippen LogP contribution in [0.3, 0.4) is 0 Å². The number of thiophene rings is 4. The third-order valence-corrected chi connectivity index (χ3v) is 10.7. The molecule has 13 heteroatoms. The minimum atomic E-state index is -0.996. The molecule has 0 saturated heterocycles. The molecule has 0 aliphatic heterocycles. The maximum atomic E-state index is 13.9. The fraction of sp³-hybridized carbons (Fsp3) is 0.0303. The summed E-state index contributed by atoms with van der Waals surface area (Å²) in [5.74, 6) is -2.80. The lowest BCUT2D eigenvalue weighted by molar-refractivity contribution is 0.0401. The Hall–Kier alpha value is -4.10. The minimum absolute atomic E-state index is 0.0287. The van der Waals surface area contributed by atoms with E-state index in [0.717, 1.165) is 28.2 Å². The fourth-order valence-electron chi connectivity index (χ4n) is 4.45. The number of anilines is 2. The molecule has 230 valence electrons. The summed E-state index contributed by atoms with van der Waals surface area (Å²) in [6, 6.07) is 15.7. The first-order chi connectivity index (χ1) is 22.2. The number of rotatable bonds is 8. The summed E-state index contributed by atoms with van der Waals surface area (Å²) < 4.78 is 5.55. The standard InChI is InChI=1S/C33H20Cl2N2O5S4/c1-17-2-4-18(5-3-17)22-15-45-30(36-28(38)20-8-10-43-13-20)26(22)32(40)42-33(41)27-23(19-6-7-24(34)25(35)12-19)16-46-31(27)37-29(39)21-9-11-44-14-21/h2-16H,1H3,(H,36,38)(H,37,39). The Morgan fingerprint density at radius 3 is 1.61 bits per heavy atom. The monoisotopic (exact) mass is 722 g/mol. The van der Waals surface area contributed by atoms with Crippen LogP contribution >= 0.6 is 68.5 Å². The van der Waals surface area contributed by atoms with Gasteiger partial charge in [-0.15, -0.1) is 22.7 Å². The van der Waals surface area contributed by atoms with Crippen molar-refractivity contribution < 1.29 is 23.9 Å². The molecule has 0 saturated carbocycles. The van der Waals surface area contributed by atoms with Crippen LogP contribution in [0.15, 0.2) is 86.9 Å². The van der Waals surface area contributed by atoms with E-state index in [1.54, 1.807) is 62.6 Å². The van der Waals surface area contributed by atoms with Crippen molar-refractivity contribution in [2.75, 3.05) is 10.6 Å². The second-order valence-corrected chi connectivity index (χ2v) is 13.9. The molecular weight excluding hydrogens is 704 g/mol. The predicted octanol–water partition coefficient (Wildman–Crippen LogP) is 10.4. The van der Waals surface area contributed by atoms with E-state index >= 15 is 0 Å². The Morgan fingerprint density at radius 2 is 1.13 bits per heavy atom. The van der Waals surface area contributed by atoms with Crippen molar-refractivity contribution in [1.29, 1.82) is 0 Å². The van der Waals surface area contributed by atoms with E-state index in [-0.39, 0.29) is 26.2 Å². The second-order valence-electron chi connectivity index (χ2n) is 9.81. The van der Waals surface area contributed by atoms with E-state index in [0.29, 0.717) is 38.4 Å². The number of halogens is 2. The molecule has 0 atom stereocenters. The summed E-state index contributed by atoms with van der Waals surface area (Å²) in [5.41, 5.74) is 3.97. The summed E-state index contributed by atoms with van der Waals surface area (Å²) in [7, 11) is 0. The molecule has 2 N–H and O–H groups in total. The Labute approximate surface area is 289 Å². The molecule has 2 amide bonds. The van der Waals surface area contributed by atoms with Crippen LogP contribution in [0.5, 0.6) is 0 Å². The van der Waals surface area contributed by atoms with Crippen LogP contribution < -0.4 is 10.6 Å². The Balaban J connectivity index is 1.38. The molecule has 4 heterocycles. The van der Waals surface area contributed by atoms with Gasteiger partial charge in [0, 0.05) is 32.6 Å². The molecule has 0 aliphatic rings. The number of carbonyl (C=O) groups is 4. The highest BCUT2D eigenvalue weighted by atomic mass is 35.5. The Morgan fingerprint density at radius 1 is 0.630 bits per heavy atom. The molecule has 0 aliphatic carbocycles. The average molecular weight is 724 g/mol. The quantitative estimate of drug-likeness (QED) is 0.120. The van der Waals surface area contributed by atoms with Gasteiger partial charge in [0.2, 0.25) is 0 Å². The van der Waals surface area contributed by atoms with Crippen LogP contribution in [0, 0.1) is 6.92 Å². The Bertz CT molecular complexity index is 2080. The third kappa shape index (κ3) is 6.70. The zero-order chi connectivity index (χ0) is 32.4. The van der Waals surface area contributed by atoms with Gasteiger partial charge in [-0.2, -0.15) is 22.7 Å². The Kier molecular flexibility index (Phi) is 9.50. The first-order valence-corrected chi connectivity index (χ1v) is 17.8. The topological polar surface area (TPSA) is 102 Å². The van der Waals surface area contributed by atoms with Crippen molar-refractivity contribution in [3.05, 3.63) is 125 Å². The zero-order valence-corrected chi connectivity index (χ0v) is 28.4. The number of nitrogens with one attached hydrogen (secondary N) is 2. The lowest BCUT2D eigenvalue weighted by Crippen LogP contribution is -2.18. The number of esters is 2. The molecule has 0 fully saturated rings. The molecule has 0 unspecified atom stereocenters. The van der Waals surface area contributed by atoms with Crippen molar-refractivity contribution >= 4 is 102 Å². The van der Waals surface area contributed by atoms with Gasteiger partial charge < -0.3 is 15.4 Å². The third-order valence-electron chi connectivity index (χ3n) is 6.79. The number of benzene rings is 2. The van der Waals surface area contributed by atoms with Crippen molar-refractivity contribution in [1.82, 2.24) is 0 Å². The van der Waals surface area contributed by atoms with Gasteiger partial charge in [0.15, 0.2) is 0 Å². The smallest absolute Gasteiger partial charge is 0.349 e. The van der Waals surface area contributed by atoms with E-state index in [1.165, 1.54) is 22.7 Å². The van der Waals surface area contributed by atoms with Gasteiger partial charge in [-0.1, -0.05) is 59.1 Å². The van der Waals surface area contributed by atoms with Gasteiger partial charge >= 0.3 is 11.9 Å². The van der Waals surface area contributed by atoms with Crippen molar-refractivity contribution in [3.63, 3.8) is 0 Å². The van der Waals surface area contributed by atoms with Crippen molar-refractivity contribution in [3.8, 4) is 22.3 Å². The molecule has 0 spiro atoms. The first-order valence-electron chi connectivity index (χ1n) is 13.4. The number of aryl methyl sites for hydroxylation is 1. The SMILES string of the molecule is Cc1ccc(-c2csc(NC(=O)c3ccsc3)c2C(=O)OC(=O)c2c(-c3ccc(Cl)c(Cl)c3)csc2NC(=O)c2ccsc2)cc1. The summed E-state index contributed by atoms with van der Waals surface area (Å²) in [6.45, 7) is 1.94. The van der Waals surface area contributed by atoms with E-state index in [1.807, 2.05) is 31.2 Å². The summed E-state index contributed by atoms with van der Waals surface area (Å²) >= 11 is 17.4. The van der Waals surface area contributed by atoms with Crippen LogP contribution in [0.25, 0.3) is 22.3 Å². The van der Waals surface area contributed by atoms with Gasteiger partial charge in [-0.25, -0.2) is 9.59 Å². The number of hydrogen-bond donors (Lipinski definition) is 2. The molecule has 46 heavy (non-hydrogen) atoms. The van der Waals surface area contributed by atoms with Crippen LogP contribution in [0.2, 0.25) is 10.0 Å². The summed E-state index contributed by atoms with van der Waals surface area (Å²) in [5, 5.41) is 16.9. The lowest BCUT2D eigenvalue weighted by Gasteiger charge is -2.11. The number of carbonyl (C=O) groups excluding carboxylic acids is 4. The maximum Gasteiger partial charge on any atom is 0.349 e. The first kappa shape index (κ1) is 31.9. The predicted molar refractivity (Wildman–Crippen MR) is 189 cm³/mol. The maximum absolute atomic E-state index is 13.9. The molecule has 6 aromatic rings. The van der Waals surface area contributed by atoms with Gasteiger partial charge in [-0.05, 0) is 53.1 Å².